The lowest BCUT2D eigenvalue weighted by atomic mass is 10.1. The molecule has 0 spiro atoms. The topological polar surface area (TPSA) is 107 Å². The monoisotopic (exact) mass is 396 g/mol. The van der Waals surface area contributed by atoms with Gasteiger partial charge in [0, 0.05) is 38.8 Å². The van der Waals surface area contributed by atoms with E-state index in [1.165, 1.54) is 6.07 Å². The number of nitro benzene ring substituents is 1. The number of hydrogen-bond acceptors (Lipinski definition) is 7. The number of benzene rings is 2. The van der Waals surface area contributed by atoms with Gasteiger partial charge >= 0.3 is 0 Å². The van der Waals surface area contributed by atoms with Crippen LogP contribution >= 0.6 is 0 Å². The second kappa shape index (κ2) is 7.61. The molecule has 4 rings (SSSR count). The minimum absolute atomic E-state index is 0.0785. The molecule has 2 amide bonds. The van der Waals surface area contributed by atoms with Gasteiger partial charge < -0.3 is 10.0 Å². The van der Waals surface area contributed by atoms with Crippen LogP contribution in [-0.4, -0.2) is 66.1 Å². The van der Waals surface area contributed by atoms with Crippen LogP contribution in [0, 0.1) is 10.1 Å². The largest absolute Gasteiger partial charge is 0.395 e. The summed E-state index contributed by atoms with van der Waals surface area (Å²) in [7, 11) is 0. The number of anilines is 2. The summed E-state index contributed by atoms with van der Waals surface area (Å²) in [5.74, 6) is -0.962. The molecule has 9 nitrogen and oxygen atoms in total. The van der Waals surface area contributed by atoms with Crippen molar-refractivity contribution in [2.45, 2.75) is 0 Å². The lowest BCUT2D eigenvalue weighted by Crippen LogP contribution is -2.47. The average Bonchev–Trinajstić information content (AvgIpc) is 2.99. The van der Waals surface area contributed by atoms with Gasteiger partial charge in [-0.1, -0.05) is 12.1 Å². The highest BCUT2D eigenvalue weighted by atomic mass is 16.6. The number of β-amino-alcohol motifs (C(OH)–C–C–N with tert-alkyl or cyclic N) is 1. The van der Waals surface area contributed by atoms with Crippen LogP contribution in [0.5, 0.6) is 0 Å². The van der Waals surface area contributed by atoms with Crippen LogP contribution in [0.4, 0.5) is 17.1 Å². The smallest absolute Gasteiger partial charge is 0.294 e. The van der Waals surface area contributed by atoms with Crippen molar-refractivity contribution in [3.63, 3.8) is 0 Å². The summed E-state index contributed by atoms with van der Waals surface area (Å²) in [4.78, 5) is 41.6. The van der Waals surface area contributed by atoms with Crippen molar-refractivity contribution in [1.82, 2.24) is 4.90 Å². The van der Waals surface area contributed by atoms with Gasteiger partial charge in [0.2, 0.25) is 0 Å². The Morgan fingerprint density at radius 3 is 2.14 bits per heavy atom. The number of nitro groups is 1. The Balaban J connectivity index is 1.63. The van der Waals surface area contributed by atoms with Gasteiger partial charge in [-0.05, 0) is 24.3 Å². The number of amides is 2. The number of carbonyl (C=O) groups excluding carboxylic acids is 2. The lowest BCUT2D eigenvalue weighted by Gasteiger charge is -2.35. The first kappa shape index (κ1) is 19.0. The molecule has 2 heterocycles. The van der Waals surface area contributed by atoms with Crippen molar-refractivity contribution in [2.24, 2.45) is 0 Å². The number of aliphatic hydroxyl groups is 1. The van der Waals surface area contributed by atoms with Crippen molar-refractivity contribution < 1.29 is 19.6 Å². The Bertz CT molecular complexity index is 950. The average molecular weight is 396 g/mol. The summed E-state index contributed by atoms with van der Waals surface area (Å²) in [6, 6.07) is 11.0. The van der Waals surface area contributed by atoms with Gasteiger partial charge in [-0.25, -0.2) is 4.90 Å². The van der Waals surface area contributed by atoms with E-state index in [0.717, 1.165) is 4.90 Å². The highest BCUT2D eigenvalue weighted by Gasteiger charge is 2.37. The van der Waals surface area contributed by atoms with Gasteiger partial charge in [-0.15, -0.1) is 0 Å². The van der Waals surface area contributed by atoms with E-state index < -0.39 is 16.7 Å². The third kappa shape index (κ3) is 3.34. The van der Waals surface area contributed by atoms with Crippen molar-refractivity contribution in [2.75, 3.05) is 49.1 Å². The van der Waals surface area contributed by atoms with E-state index in [0.29, 0.717) is 49.5 Å². The molecule has 1 saturated heterocycles. The zero-order valence-corrected chi connectivity index (χ0v) is 15.7. The minimum Gasteiger partial charge on any atom is -0.395 e. The van der Waals surface area contributed by atoms with Crippen LogP contribution < -0.4 is 9.80 Å². The number of imide groups is 1. The molecular weight excluding hydrogens is 376 g/mol. The molecule has 0 radical (unpaired) electrons. The molecule has 1 fully saturated rings. The molecule has 0 aliphatic carbocycles. The SMILES string of the molecule is O=C1c2ccccc2C(=O)N1c1ccc(N2CCN(CCO)CC2)c([N+](=O)[O-])c1. The number of hydrogen-bond donors (Lipinski definition) is 1. The van der Waals surface area contributed by atoms with E-state index in [4.69, 9.17) is 5.11 Å². The first-order valence-electron chi connectivity index (χ1n) is 9.35. The zero-order chi connectivity index (χ0) is 20.5. The van der Waals surface area contributed by atoms with Crippen molar-refractivity contribution in [3.8, 4) is 0 Å². The summed E-state index contributed by atoms with van der Waals surface area (Å²) < 4.78 is 0. The summed E-state index contributed by atoms with van der Waals surface area (Å²) in [5.41, 5.74) is 1.09. The van der Waals surface area contributed by atoms with Crippen LogP contribution in [0.15, 0.2) is 42.5 Å². The molecule has 2 aromatic rings. The van der Waals surface area contributed by atoms with E-state index >= 15 is 0 Å². The van der Waals surface area contributed by atoms with Crippen molar-refractivity contribution >= 4 is 28.9 Å². The van der Waals surface area contributed by atoms with Crippen LogP contribution in [0.25, 0.3) is 0 Å². The predicted molar refractivity (Wildman–Crippen MR) is 106 cm³/mol. The van der Waals surface area contributed by atoms with E-state index in [1.54, 1.807) is 36.4 Å². The first-order chi connectivity index (χ1) is 14.0. The third-order valence-electron chi connectivity index (χ3n) is 5.34. The third-order valence-corrected chi connectivity index (χ3v) is 5.34. The second-order valence-corrected chi connectivity index (χ2v) is 6.97. The number of piperazine rings is 1. The minimum atomic E-state index is -0.489. The number of carbonyl (C=O) groups is 2. The summed E-state index contributed by atoms with van der Waals surface area (Å²) in [6.07, 6.45) is 0. The normalized spacial score (nSPS) is 17.0. The summed E-state index contributed by atoms with van der Waals surface area (Å²) in [6.45, 7) is 3.22. The molecule has 0 saturated carbocycles. The van der Waals surface area contributed by atoms with Gasteiger partial charge in [-0.3, -0.25) is 24.6 Å². The lowest BCUT2D eigenvalue weighted by molar-refractivity contribution is -0.384. The maximum absolute atomic E-state index is 12.7. The Hall–Kier alpha value is -3.30. The number of rotatable bonds is 5. The van der Waals surface area contributed by atoms with Crippen LogP contribution in [0.2, 0.25) is 0 Å². The van der Waals surface area contributed by atoms with Crippen molar-refractivity contribution in [1.29, 1.82) is 0 Å². The van der Waals surface area contributed by atoms with E-state index in [-0.39, 0.29) is 18.0 Å². The summed E-state index contributed by atoms with van der Waals surface area (Å²) in [5, 5.41) is 20.8. The standard InChI is InChI=1S/C20H20N4O5/c25-12-11-21-7-9-22(10-8-21)17-6-5-14(13-18(17)24(28)29)23-19(26)15-3-1-2-4-16(15)20(23)27/h1-6,13,25H,7-12H2. The number of nitrogens with zero attached hydrogens (tertiary/aromatic N) is 4. The zero-order valence-electron chi connectivity index (χ0n) is 15.7. The van der Waals surface area contributed by atoms with Gasteiger partial charge in [0.1, 0.15) is 5.69 Å². The Morgan fingerprint density at radius 1 is 0.966 bits per heavy atom. The molecule has 2 aromatic carbocycles. The molecule has 150 valence electrons. The second-order valence-electron chi connectivity index (χ2n) is 6.97. The van der Waals surface area contributed by atoms with Gasteiger partial charge in [0.15, 0.2) is 0 Å². The molecule has 0 unspecified atom stereocenters. The number of aliphatic hydroxyl groups excluding tert-OH is 1. The predicted octanol–water partition coefficient (Wildman–Crippen LogP) is 1.51. The maximum atomic E-state index is 12.7. The molecule has 29 heavy (non-hydrogen) atoms. The van der Waals surface area contributed by atoms with E-state index in [1.807, 2.05) is 4.90 Å². The Kier molecular flexibility index (Phi) is 4.99. The molecular formula is C20H20N4O5. The quantitative estimate of drug-likeness (QED) is 0.464. The molecule has 2 aliphatic heterocycles. The van der Waals surface area contributed by atoms with Gasteiger partial charge in [0.25, 0.3) is 17.5 Å². The molecule has 0 aromatic heterocycles. The molecule has 2 aliphatic rings. The van der Waals surface area contributed by atoms with Crippen molar-refractivity contribution in [3.05, 3.63) is 63.7 Å². The molecule has 9 heteroatoms. The molecule has 0 bridgehead atoms. The Labute approximate surface area is 166 Å². The highest BCUT2D eigenvalue weighted by Crippen LogP contribution is 2.36. The van der Waals surface area contributed by atoms with E-state index in [2.05, 4.69) is 4.90 Å². The van der Waals surface area contributed by atoms with Gasteiger partial charge in [0.05, 0.1) is 28.3 Å². The van der Waals surface area contributed by atoms with Gasteiger partial charge in [-0.2, -0.15) is 0 Å². The van der Waals surface area contributed by atoms with Crippen LogP contribution in [0.1, 0.15) is 20.7 Å². The fraction of sp³-hybridized carbons (Fsp3) is 0.300. The van der Waals surface area contributed by atoms with E-state index in [9.17, 15) is 19.7 Å². The summed E-state index contributed by atoms with van der Waals surface area (Å²) >= 11 is 0. The van der Waals surface area contributed by atoms with Crippen LogP contribution in [0.3, 0.4) is 0 Å². The fourth-order valence-electron chi connectivity index (χ4n) is 3.84. The number of fused-ring (bicyclic) bond motifs is 1. The Morgan fingerprint density at radius 2 is 1.59 bits per heavy atom. The maximum Gasteiger partial charge on any atom is 0.294 e. The first-order valence-corrected chi connectivity index (χ1v) is 9.35. The van der Waals surface area contributed by atoms with Crippen LogP contribution in [-0.2, 0) is 0 Å². The molecule has 0 atom stereocenters. The molecule has 1 N–H and O–H groups in total. The fourth-order valence-corrected chi connectivity index (χ4v) is 3.84. The highest BCUT2D eigenvalue weighted by molar-refractivity contribution is 6.34.